The molecule has 0 aliphatic carbocycles. The van der Waals surface area contributed by atoms with Crippen molar-refractivity contribution in [3.8, 4) is 0 Å². The highest BCUT2D eigenvalue weighted by Crippen LogP contribution is 2.33. The molecule has 0 saturated carbocycles. The van der Waals surface area contributed by atoms with E-state index in [1.165, 1.54) is 23.5 Å². The smallest absolute Gasteiger partial charge is 0.396 e. The third-order valence-electron chi connectivity index (χ3n) is 3.00. The van der Waals surface area contributed by atoms with Crippen LogP contribution in [-0.2, 0) is 12.6 Å². The molecule has 0 fully saturated rings. The molecule has 0 bridgehead atoms. The molecule has 20 heavy (non-hydrogen) atoms. The molecule has 1 heterocycles. The number of nitrogens with zero attached hydrogens (tertiary/aromatic N) is 1. The van der Waals surface area contributed by atoms with Gasteiger partial charge in [0.05, 0.1) is 17.2 Å². The molecule has 2 nitrogen and oxygen atoms in total. The Hall–Kier alpha value is -1.40. The van der Waals surface area contributed by atoms with E-state index in [2.05, 4.69) is 4.98 Å². The Balaban J connectivity index is 2.25. The summed E-state index contributed by atoms with van der Waals surface area (Å²) in [5, 5.41) is 9.69. The number of aliphatic hydroxyl groups is 1. The zero-order valence-electron chi connectivity index (χ0n) is 10.8. The molecule has 1 atom stereocenters. The molecule has 0 saturated heterocycles. The number of aromatic nitrogens is 1. The Kier molecular flexibility index (Phi) is 4.45. The van der Waals surface area contributed by atoms with Gasteiger partial charge >= 0.3 is 6.18 Å². The Morgan fingerprint density at radius 1 is 1.30 bits per heavy atom. The van der Waals surface area contributed by atoms with Crippen LogP contribution >= 0.6 is 11.3 Å². The first kappa shape index (κ1) is 15.0. The number of hydrogen-bond acceptors (Lipinski definition) is 3. The largest absolute Gasteiger partial charge is 0.416 e. The molecular weight excluding hydrogens is 287 g/mol. The van der Waals surface area contributed by atoms with Gasteiger partial charge in [0.2, 0.25) is 0 Å². The number of thiazole rings is 1. The van der Waals surface area contributed by atoms with E-state index in [0.717, 1.165) is 10.9 Å². The van der Waals surface area contributed by atoms with Crippen LogP contribution in [0.4, 0.5) is 13.2 Å². The SMILES string of the molecule is CC(CO)c1cnc(Cc2ccccc2C(F)(F)F)s1. The Morgan fingerprint density at radius 3 is 2.65 bits per heavy atom. The summed E-state index contributed by atoms with van der Waals surface area (Å²) in [6.07, 6.45) is -2.58. The predicted molar refractivity (Wildman–Crippen MR) is 71.9 cm³/mol. The molecule has 0 amide bonds. The van der Waals surface area contributed by atoms with Gasteiger partial charge in [-0.1, -0.05) is 25.1 Å². The van der Waals surface area contributed by atoms with Crippen molar-refractivity contribution in [1.82, 2.24) is 4.98 Å². The molecule has 0 radical (unpaired) electrons. The summed E-state index contributed by atoms with van der Waals surface area (Å²) >= 11 is 1.34. The van der Waals surface area contributed by atoms with Crippen molar-refractivity contribution in [3.63, 3.8) is 0 Å². The summed E-state index contributed by atoms with van der Waals surface area (Å²) in [6, 6.07) is 5.53. The third kappa shape index (κ3) is 3.37. The quantitative estimate of drug-likeness (QED) is 0.930. The second-order valence-electron chi connectivity index (χ2n) is 4.57. The molecule has 2 rings (SSSR count). The lowest BCUT2D eigenvalue weighted by molar-refractivity contribution is -0.138. The third-order valence-corrected chi connectivity index (χ3v) is 4.22. The molecule has 1 aromatic carbocycles. The van der Waals surface area contributed by atoms with Crippen LogP contribution in [0.15, 0.2) is 30.5 Å². The first-order valence-electron chi connectivity index (χ1n) is 6.12. The highest BCUT2D eigenvalue weighted by molar-refractivity contribution is 7.11. The van der Waals surface area contributed by atoms with Crippen LogP contribution in [-0.4, -0.2) is 16.7 Å². The lowest BCUT2D eigenvalue weighted by Gasteiger charge is -2.11. The summed E-state index contributed by atoms with van der Waals surface area (Å²) in [6.45, 7) is 1.85. The normalized spacial score (nSPS) is 13.4. The average Bonchev–Trinajstić information content (AvgIpc) is 2.86. The maximum Gasteiger partial charge on any atom is 0.416 e. The molecule has 0 spiro atoms. The summed E-state index contributed by atoms with van der Waals surface area (Å²) < 4.78 is 38.7. The standard InChI is InChI=1S/C14H14F3NOS/c1-9(8-19)12-7-18-13(20-12)6-10-4-2-3-5-11(10)14(15,16)17/h2-5,7,9,19H,6,8H2,1H3. The Labute approximate surface area is 118 Å². The van der Waals surface area contributed by atoms with Crippen molar-refractivity contribution >= 4 is 11.3 Å². The Morgan fingerprint density at radius 2 is 2.00 bits per heavy atom. The van der Waals surface area contributed by atoms with Gasteiger partial charge < -0.3 is 5.11 Å². The average molecular weight is 301 g/mol. The van der Waals surface area contributed by atoms with Crippen LogP contribution < -0.4 is 0 Å². The van der Waals surface area contributed by atoms with Crippen molar-refractivity contribution in [2.45, 2.75) is 25.4 Å². The van der Waals surface area contributed by atoms with Crippen LogP contribution in [0.25, 0.3) is 0 Å². The molecule has 0 aliphatic heterocycles. The number of hydrogen-bond donors (Lipinski definition) is 1. The van der Waals surface area contributed by atoms with Crippen molar-refractivity contribution in [1.29, 1.82) is 0 Å². The van der Waals surface area contributed by atoms with Crippen molar-refractivity contribution in [2.75, 3.05) is 6.61 Å². The topological polar surface area (TPSA) is 33.1 Å². The fraction of sp³-hybridized carbons (Fsp3) is 0.357. The zero-order chi connectivity index (χ0) is 14.8. The lowest BCUT2D eigenvalue weighted by atomic mass is 10.0. The summed E-state index contributed by atoms with van der Waals surface area (Å²) in [7, 11) is 0. The minimum Gasteiger partial charge on any atom is -0.396 e. The van der Waals surface area contributed by atoms with Gasteiger partial charge in [-0.3, -0.25) is 0 Å². The second kappa shape index (κ2) is 5.93. The number of halogens is 3. The van der Waals surface area contributed by atoms with Crippen molar-refractivity contribution in [3.05, 3.63) is 51.5 Å². The summed E-state index contributed by atoms with van der Waals surface area (Å²) in [4.78, 5) is 5.03. The molecular formula is C14H14F3NOS. The van der Waals surface area contributed by atoms with E-state index >= 15 is 0 Å². The van der Waals surface area contributed by atoms with E-state index in [9.17, 15) is 13.2 Å². The first-order valence-corrected chi connectivity index (χ1v) is 6.94. The monoisotopic (exact) mass is 301 g/mol. The van der Waals surface area contributed by atoms with Crippen LogP contribution in [0.3, 0.4) is 0 Å². The van der Waals surface area contributed by atoms with Gasteiger partial charge in [0.1, 0.15) is 0 Å². The molecule has 108 valence electrons. The maximum absolute atomic E-state index is 12.9. The van der Waals surface area contributed by atoms with Gasteiger partial charge in [-0.15, -0.1) is 11.3 Å². The highest BCUT2D eigenvalue weighted by atomic mass is 32.1. The van der Waals surface area contributed by atoms with E-state index < -0.39 is 11.7 Å². The molecule has 1 N–H and O–H groups in total. The molecule has 1 aromatic heterocycles. The first-order chi connectivity index (χ1) is 9.41. The van der Waals surface area contributed by atoms with E-state index in [1.54, 1.807) is 12.3 Å². The van der Waals surface area contributed by atoms with Gasteiger partial charge in [-0.25, -0.2) is 4.98 Å². The maximum atomic E-state index is 12.9. The van der Waals surface area contributed by atoms with Crippen LogP contribution in [0, 0.1) is 0 Å². The van der Waals surface area contributed by atoms with Gasteiger partial charge in [0.15, 0.2) is 0 Å². The number of rotatable bonds is 4. The molecule has 1 unspecified atom stereocenters. The van der Waals surface area contributed by atoms with Crippen LogP contribution in [0.5, 0.6) is 0 Å². The number of alkyl halides is 3. The number of benzene rings is 1. The zero-order valence-corrected chi connectivity index (χ0v) is 11.6. The number of aliphatic hydroxyl groups excluding tert-OH is 1. The van der Waals surface area contributed by atoms with Gasteiger partial charge in [-0.05, 0) is 11.6 Å². The minimum absolute atomic E-state index is 0.000765. The van der Waals surface area contributed by atoms with Crippen LogP contribution in [0.2, 0.25) is 0 Å². The van der Waals surface area contributed by atoms with E-state index in [4.69, 9.17) is 5.11 Å². The second-order valence-corrected chi connectivity index (χ2v) is 5.72. The van der Waals surface area contributed by atoms with E-state index in [0.29, 0.717) is 5.01 Å². The van der Waals surface area contributed by atoms with Crippen molar-refractivity contribution < 1.29 is 18.3 Å². The van der Waals surface area contributed by atoms with Crippen LogP contribution in [0.1, 0.15) is 33.9 Å². The Bertz CT molecular complexity index is 580. The van der Waals surface area contributed by atoms with Gasteiger partial charge in [0.25, 0.3) is 0 Å². The fourth-order valence-electron chi connectivity index (χ4n) is 1.84. The molecule has 6 heteroatoms. The highest BCUT2D eigenvalue weighted by Gasteiger charge is 2.32. The predicted octanol–water partition coefficient (Wildman–Crippen LogP) is 3.85. The molecule has 0 aliphatic rings. The fourth-order valence-corrected chi connectivity index (χ4v) is 2.82. The van der Waals surface area contributed by atoms with E-state index in [-0.39, 0.29) is 24.5 Å². The summed E-state index contributed by atoms with van der Waals surface area (Å²) in [5.74, 6) is -0.0425. The van der Waals surface area contributed by atoms with Gasteiger partial charge in [0, 0.05) is 23.4 Å². The van der Waals surface area contributed by atoms with Gasteiger partial charge in [-0.2, -0.15) is 13.2 Å². The lowest BCUT2D eigenvalue weighted by Crippen LogP contribution is -2.09. The van der Waals surface area contributed by atoms with Crippen molar-refractivity contribution in [2.24, 2.45) is 0 Å². The minimum atomic E-state index is -4.35. The van der Waals surface area contributed by atoms with E-state index in [1.807, 2.05) is 6.92 Å². The molecule has 2 aromatic rings. The summed E-state index contributed by atoms with van der Waals surface area (Å²) in [5.41, 5.74) is -0.399.